The summed E-state index contributed by atoms with van der Waals surface area (Å²) < 4.78 is 12.2. The molecule has 3 aliphatic rings. The molecule has 1 aliphatic carbocycles. The van der Waals surface area contributed by atoms with Crippen LogP contribution in [0.1, 0.15) is 67.2 Å². The fourth-order valence-electron chi connectivity index (χ4n) is 5.48. The molecule has 0 amide bonds. The van der Waals surface area contributed by atoms with Crippen molar-refractivity contribution in [2.24, 2.45) is 27.7 Å². The molecule has 2 saturated heterocycles. The maximum atomic E-state index is 6.14. The van der Waals surface area contributed by atoms with Gasteiger partial charge in [0, 0.05) is 49.6 Å². The zero-order chi connectivity index (χ0) is 19.7. The predicted octanol–water partition coefficient (Wildman–Crippen LogP) is 3.59. The molecule has 2 N–H and O–H groups in total. The molecule has 156 valence electrons. The van der Waals surface area contributed by atoms with E-state index in [2.05, 4.69) is 52.2 Å². The van der Waals surface area contributed by atoms with Crippen LogP contribution < -0.4 is 10.6 Å². The molecule has 5 atom stereocenters. The Morgan fingerprint density at radius 3 is 2.52 bits per heavy atom. The monoisotopic (exact) mass is 379 g/mol. The smallest absolute Gasteiger partial charge is 0.191 e. The highest BCUT2D eigenvalue weighted by atomic mass is 16.5. The van der Waals surface area contributed by atoms with E-state index in [9.17, 15) is 0 Å². The summed E-state index contributed by atoms with van der Waals surface area (Å²) in [6.07, 6.45) is 5.47. The lowest BCUT2D eigenvalue weighted by Crippen LogP contribution is -2.71. The topological polar surface area (TPSA) is 54.9 Å². The van der Waals surface area contributed by atoms with E-state index in [0.29, 0.717) is 24.0 Å². The van der Waals surface area contributed by atoms with Gasteiger partial charge in [-0.1, -0.05) is 34.6 Å². The Bertz CT molecular complexity index is 526. The highest BCUT2D eigenvalue weighted by molar-refractivity contribution is 5.80. The van der Waals surface area contributed by atoms with Gasteiger partial charge in [-0.05, 0) is 38.0 Å². The number of guanidine groups is 1. The Balaban J connectivity index is 1.66. The van der Waals surface area contributed by atoms with Gasteiger partial charge in [-0.2, -0.15) is 0 Å². The minimum Gasteiger partial charge on any atom is -0.377 e. The molecule has 0 aromatic carbocycles. The van der Waals surface area contributed by atoms with Crippen molar-refractivity contribution in [1.29, 1.82) is 0 Å². The van der Waals surface area contributed by atoms with Gasteiger partial charge in [0.05, 0.1) is 12.2 Å². The lowest BCUT2D eigenvalue weighted by molar-refractivity contribution is -0.188. The van der Waals surface area contributed by atoms with Crippen molar-refractivity contribution in [1.82, 2.24) is 10.6 Å². The molecule has 0 aromatic heterocycles. The van der Waals surface area contributed by atoms with Crippen molar-refractivity contribution in [2.75, 3.05) is 26.3 Å². The lowest BCUT2D eigenvalue weighted by atomic mass is 9.55. The predicted molar refractivity (Wildman–Crippen MR) is 111 cm³/mol. The van der Waals surface area contributed by atoms with E-state index < -0.39 is 0 Å². The second kappa shape index (κ2) is 8.28. The highest BCUT2D eigenvalue weighted by Gasteiger charge is 2.58. The van der Waals surface area contributed by atoms with Crippen molar-refractivity contribution >= 4 is 5.96 Å². The molecule has 0 aromatic rings. The Morgan fingerprint density at radius 1 is 1.11 bits per heavy atom. The number of hydrogen-bond donors (Lipinski definition) is 2. The van der Waals surface area contributed by atoms with E-state index in [-0.39, 0.29) is 16.9 Å². The Kier molecular flexibility index (Phi) is 6.41. The van der Waals surface area contributed by atoms with E-state index in [0.717, 1.165) is 38.7 Å². The number of hydrogen-bond acceptors (Lipinski definition) is 3. The second-order valence-electron chi connectivity index (χ2n) is 10.3. The van der Waals surface area contributed by atoms with Crippen LogP contribution in [0.4, 0.5) is 0 Å². The summed E-state index contributed by atoms with van der Waals surface area (Å²) in [4.78, 5) is 5.00. The van der Waals surface area contributed by atoms with Crippen LogP contribution in [-0.4, -0.2) is 50.5 Å². The van der Waals surface area contributed by atoms with Gasteiger partial charge in [0.1, 0.15) is 0 Å². The lowest BCUT2D eigenvalue weighted by Gasteiger charge is -2.60. The summed E-state index contributed by atoms with van der Waals surface area (Å²) in [5.41, 5.74) is 0.318. The molecular formula is C22H41N3O2. The van der Waals surface area contributed by atoms with Gasteiger partial charge in [0.2, 0.25) is 0 Å². The van der Waals surface area contributed by atoms with Crippen molar-refractivity contribution in [3.63, 3.8) is 0 Å². The van der Waals surface area contributed by atoms with E-state index in [4.69, 9.17) is 14.5 Å². The molecule has 27 heavy (non-hydrogen) atoms. The largest absolute Gasteiger partial charge is 0.377 e. The third-order valence-electron chi connectivity index (χ3n) is 6.75. The first-order valence-corrected chi connectivity index (χ1v) is 11.0. The summed E-state index contributed by atoms with van der Waals surface area (Å²) in [6.45, 7) is 17.1. The average molecular weight is 380 g/mol. The quantitative estimate of drug-likeness (QED) is 0.579. The highest BCUT2D eigenvalue weighted by Crippen LogP contribution is 2.51. The van der Waals surface area contributed by atoms with Crippen LogP contribution in [0.15, 0.2) is 4.99 Å². The summed E-state index contributed by atoms with van der Waals surface area (Å²) in [5, 5.41) is 7.22. The van der Waals surface area contributed by atoms with Gasteiger partial charge in [-0.25, -0.2) is 0 Å². The number of aliphatic imine (C=N–C) groups is 1. The fourth-order valence-corrected chi connectivity index (χ4v) is 5.48. The van der Waals surface area contributed by atoms with E-state index in [1.165, 1.54) is 19.3 Å². The zero-order valence-electron chi connectivity index (χ0n) is 18.3. The summed E-state index contributed by atoms with van der Waals surface area (Å²) >= 11 is 0. The summed E-state index contributed by atoms with van der Waals surface area (Å²) in [5.74, 6) is 2.06. The van der Waals surface area contributed by atoms with Crippen molar-refractivity contribution < 1.29 is 9.47 Å². The molecule has 3 fully saturated rings. The third kappa shape index (κ3) is 4.45. The molecule has 5 unspecified atom stereocenters. The Morgan fingerprint density at radius 2 is 1.81 bits per heavy atom. The first kappa shape index (κ1) is 20.9. The maximum absolute atomic E-state index is 6.14. The molecule has 5 heteroatoms. The molecule has 2 aliphatic heterocycles. The van der Waals surface area contributed by atoms with Gasteiger partial charge >= 0.3 is 0 Å². The van der Waals surface area contributed by atoms with Crippen LogP contribution in [0.5, 0.6) is 0 Å². The van der Waals surface area contributed by atoms with Crippen molar-refractivity contribution in [3.8, 4) is 0 Å². The van der Waals surface area contributed by atoms with Crippen LogP contribution in [-0.2, 0) is 9.47 Å². The minimum atomic E-state index is 0.156. The normalized spacial score (nSPS) is 36.5. The molecule has 3 rings (SSSR count). The van der Waals surface area contributed by atoms with E-state index in [1.54, 1.807) is 0 Å². The Hall–Kier alpha value is -0.810. The average Bonchev–Trinajstić information content (AvgIpc) is 2.63. The number of nitrogens with zero attached hydrogens (tertiary/aromatic N) is 1. The Labute approximate surface area is 166 Å². The summed E-state index contributed by atoms with van der Waals surface area (Å²) in [7, 11) is 0. The number of ether oxygens (including phenoxy) is 2. The van der Waals surface area contributed by atoms with Crippen molar-refractivity contribution in [3.05, 3.63) is 0 Å². The van der Waals surface area contributed by atoms with Gasteiger partial charge in [-0.3, -0.25) is 4.99 Å². The molecule has 2 heterocycles. The van der Waals surface area contributed by atoms with Gasteiger partial charge in [-0.15, -0.1) is 0 Å². The zero-order valence-corrected chi connectivity index (χ0v) is 18.3. The van der Waals surface area contributed by atoms with Crippen LogP contribution in [0, 0.1) is 22.7 Å². The molecule has 0 bridgehead atoms. The summed E-state index contributed by atoms with van der Waals surface area (Å²) in [6, 6.07) is 0.432. The number of nitrogens with one attached hydrogen (secondary N) is 2. The van der Waals surface area contributed by atoms with Crippen molar-refractivity contribution in [2.45, 2.75) is 85.5 Å². The molecule has 0 radical (unpaired) electrons. The van der Waals surface area contributed by atoms with Gasteiger partial charge in [0.15, 0.2) is 5.96 Å². The van der Waals surface area contributed by atoms with Crippen LogP contribution >= 0.6 is 0 Å². The standard InChI is InChI=1S/C22H41N3O2/c1-7-23-20(24-14-15-10-8-12-26-18(15)21(2,3)4)25-17-16-11-9-13-27-19(16)22(17,5)6/h15-19H,7-14H2,1-6H3,(H2,23,24,25). The second-order valence-corrected chi connectivity index (χ2v) is 10.3. The molecular weight excluding hydrogens is 338 g/mol. The minimum absolute atomic E-state index is 0.156. The van der Waals surface area contributed by atoms with Crippen LogP contribution in [0.2, 0.25) is 0 Å². The van der Waals surface area contributed by atoms with Crippen LogP contribution in [0.3, 0.4) is 0 Å². The van der Waals surface area contributed by atoms with Gasteiger partial charge < -0.3 is 20.1 Å². The maximum Gasteiger partial charge on any atom is 0.191 e. The number of rotatable bonds is 4. The SMILES string of the molecule is CCNC(=NCC1CCCOC1C(C)(C)C)NC1C2CCCOC2C1(C)C. The third-order valence-corrected chi connectivity index (χ3v) is 6.75. The first-order valence-electron chi connectivity index (χ1n) is 11.0. The van der Waals surface area contributed by atoms with Gasteiger partial charge in [0.25, 0.3) is 0 Å². The van der Waals surface area contributed by atoms with E-state index >= 15 is 0 Å². The molecule has 1 saturated carbocycles. The first-order chi connectivity index (χ1) is 12.7. The van der Waals surface area contributed by atoms with Crippen LogP contribution in [0.25, 0.3) is 0 Å². The molecule has 5 nitrogen and oxygen atoms in total. The molecule has 0 spiro atoms. The fraction of sp³-hybridized carbons (Fsp3) is 0.955. The van der Waals surface area contributed by atoms with E-state index in [1.807, 2.05) is 0 Å². The number of fused-ring (bicyclic) bond motifs is 1.